The third kappa shape index (κ3) is 4.07. The highest BCUT2D eigenvalue weighted by Crippen LogP contribution is 2.33. The van der Waals surface area contributed by atoms with Gasteiger partial charge in [-0.3, -0.25) is 0 Å². The summed E-state index contributed by atoms with van der Waals surface area (Å²) in [5, 5.41) is 0. The molecule has 0 radical (unpaired) electrons. The predicted molar refractivity (Wildman–Crippen MR) is 115 cm³/mol. The summed E-state index contributed by atoms with van der Waals surface area (Å²) >= 11 is 1.71. The molecule has 138 valence electrons. The molecular formula is C24H20N2OS. The van der Waals surface area contributed by atoms with Crippen LogP contribution in [0.25, 0.3) is 11.3 Å². The molecule has 0 aliphatic heterocycles. The molecule has 0 saturated heterocycles. The van der Waals surface area contributed by atoms with Gasteiger partial charge in [-0.25, -0.2) is 9.97 Å². The molecule has 4 heteroatoms. The summed E-state index contributed by atoms with van der Waals surface area (Å²) in [5.41, 5.74) is 3.87. The Kier molecular flexibility index (Phi) is 5.69. The van der Waals surface area contributed by atoms with E-state index in [1.807, 2.05) is 36.4 Å². The monoisotopic (exact) mass is 384 g/mol. The third-order valence-electron chi connectivity index (χ3n) is 4.46. The Bertz CT molecular complexity index is 982. The molecule has 0 unspecified atom stereocenters. The van der Waals surface area contributed by atoms with Crippen LogP contribution in [0.5, 0.6) is 5.88 Å². The third-order valence-corrected chi connectivity index (χ3v) is 5.21. The van der Waals surface area contributed by atoms with Crippen LogP contribution in [0.3, 0.4) is 0 Å². The number of hydrogen-bond acceptors (Lipinski definition) is 4. The van der Waals surface area contributed by atoms with Crippen molar-refractivity contribution in [3.8, 4) is 17.1 Å². The maximum absolute atomic E-state index is 6.45. The van der Waals surface area contributed by atoms with Crippen LogP contribution in [-0.4, -0.2) is 16.2 Å². The van der Waals surface area contributed by atoms with E-state index in [4.69, 9.17) is 4.74 Å². The quantitative estimate of drug-likeness (QED) is 0.380. The molecule has 0 aliphatic carbocycles. The molecule has 4 aromatic rings. The van der Waals surface area contributed by atoms with Gasteiger partial charge < -0.3 is 4.74 Å². The largest absolute Gasteiger partial charge is 0.463 e. The smallest absolute Gasteiger partial charge is 0.241 e. The average Bonchev–Trinajstić information content (AvgIpc) is 2.79. The van der Waals surface area contributed by atoms with Crippen LogP contribution >= 0.6 is 11.8 Å². The number of ether oxygens (including phenoxy) is 1. The van der Waals surface area contributed by atoms with Crippen LogP contribution in [-0.2, 0) is 0 Å². The van der Waals surface area contributed by atoms with Gasteiger partial charge >= 0.3 is 0 Å². The lowest BCUT2D eigenvalue weighted by molar-refractivity contribution is 0.237. The maximum atomic E-state index is 6.45. The van der Waals surface area contributed by atoms with E-state index in [9.17, 15) is 0 Å². The zero-order valence-electron chi connectivity index (χ0n) is 15.5. The molecule has 3 nitrogen and oxygen atoms in total. The second-order valence-electron chi connectivity index (χ2n) is 6.26. The van der Waals surface area contributed by atoms with Crippen molar-refractivity contribution in [2.24, 2.45) is 0 Å². The zero-order chi connectivity index (χ0) is 19.2. The minimum atomic E-state index is -0.261. The summed E-state index contributed by atoms with van der Waals surface area (Å²) in [7, 11) is 0. The van der Waals surface area contributed by atoms with Gasteiger partial charge in [-0.05, 0) is 29.5 Å². The Hall–Kier alpha value is -3.11. The molecule has 28 heavy (non-hydrogen) atoms. The molecule has 0 fully saturated rings. The summed E-state index contributed by atoms with van der Waals surface area (Å²) in [5.74, 6) is 0.525. The second kappa shape index (κ2) is 8.72. The van der Waals surface area contributed by atoms with Gasteiger partial charge in [0.25, 0.3) is 0 Å². The van der Waals surface area contributed by atoms with Crippen molar-refractivity contribution in [3.05, 3.63) is 108 Å². The summed E-state index contributed by atoms with van der Waals surface area (Å²) in [6, 6.07) is 28.7. The van der Waals surface area contributed by atoms with Crippen LogP contribution in [0.4, 0.5) is 0 Å². The van der Waals surface area contributed by atoms with Crippen LogP contribution in [0, 0.1) is 0 Å². The van der Waals surface area contributed by atoms with Crippen LogP contribution in [0.15, 0.2) is 102 Å². The topological polar surface area (TPSA) is 35.0 Å². The normalized spacial score (nSPS) is 10.8. The van der Waals surface area contributed by atoms with E-state index in [1.54, 1.807) is 24.2 Å². The van der Waals surface area contributed by atoms with Gasteiger partial charge in [0.1, 0.15) is 5.69 Å². The Morgan fingerprint density at radius 1 is 0.714 bits per heavy atom. The van der Waals surface area contributed by atoms with Crippen molar-refractivity contribution in [1.29, 1.82) is 0 Å². The molecule has 0 bridgehead atoms. The molecule has 0 amide bonds. The molecule has 0 saturated carbocycles. The van der Waals surface area contributed by atoms with E-state index in [2.05, 4.69) is 64.8 Å². The fraction of sp³-hybridized carbons (Fsp3) is 0.0833. The van der Waals surface area contributed by atoms with Gasteiger partial charge in [-0.15, -0.1) is 11.8 Å². The Morgan fingerprint density at radius 2 is 1.29 bits per heavy atom. The van der Waals surface area contributed by atoms with E-state index in [1.165, 1.54) is 4.90 Å². The highest BCUT2D eigenvalue weighted by Gasteiger charge is 2.19. The number of benzene rings is 3. The summed E-state index contributed by atoms with van der Waals surface area (Å²) < 4.78 is 6.45. The molecular weight excluding hydrogens is 364 g/mol. The van der Waals surface area contributed by atoms with E-state index in [0.717, 1.165) is 22.4 Å². The Balaban J connectivity index is 1.73. The Labute approximate surface area is 169 Å². The van der Waals surface area contributed by atoms with E-state index in [-0.39, 0.29) is 6.10 Å². The second-order valence-corrected chi connectivity index (χ2v) is 7.14. The van der Waals surface area contributed by atoms with E-state index in [0.29, 0.717) is 5.88 Å². The lowest BCUT2D eigenvalue weighted by Gasteiger charge is -2.20. The first kappa shape index (κ1) is 18.3. The zero-order valence-corrected chi connectivity index (χ0v) is 16.3. The molecule has 0 spiro atoms. The summed E-state index contributed by atoms with van der Waals surface area (Å²) in [6.45, 7) is 0. The first-order valence-electron chi connectivity index (χ1n) is 9.07. The van der Waals surface area contributed by atoms with E-state index >= 15 is 0 Å². The van der Waals surface area contributed by atoms with Crippen LogP contribution < -0.4 is 4.74 Å². The van der Waals surface area contributed by atoms with Crippen molar-refractivity contribution >= 4 is 11.8 Å². The summed E-state index contributed by atoms with van der Waals surface area (Å²) in [4.78, 5) is 10.3. The van der Waals surface area contributed by atoms with Crippen molar-refractivity contribution < 1.29 is 4.74 Å². The van der Waals surface area contributed by atoms with E-state index < -0.39 is 0 Å². The molecule has 4 rings (SSSR count). The van der Waals surface area contributed by atoms with Crippen molar-refractivity contribution in [1.82, 2.24) is 9.97 Å². The lowest BCUT2D eigenvalue weighted by Crippen LogP contribution is -2.11. The number of hydrogen-bond donors (Lipinski definition) is 0. The predicted octanol–water partition coefficient (Wildman–Crippen LogP) is 6.03. The highest BCUT2D eigenvalue weighted by molar-refractivity contribution is 7.98. The standard InChI is InChI=1S/C24H20N2OS/c1-28-21-14-12-18(13-15-21)22-24(26-17-16-25-22)27-23(19-8-4-2-5-9-19)20-10-6-3-7-11-20/h2-17,23H,1H3. The Morgan fingerprint density at radius 3 is 1.86 bits per heavy atom. The van der Waals surface area contributed by atoms with Crippen molar-refractivity contribution in [3.63, 3.8) is 0 Å². The molecule has 3 aromatic carbocycles. The minimum absolute atomic E-state index is 0.261. The maximum Gasteiger partial charge on any atom is 0.241 e. The molecule has 0 atom stereocenters. The lowest BCUT2D eigenvalue weighted by atomic mass is 10.0. The van der Waals surface area contributed by atoms with Crippen molar-refractivity contribution in [2.75, 3.05) is 6.26 Å². The fourth-order valence-corrected chi connectivity index (χ4v) is 3.46. The summed E-state index contributed by atoms with van der Waals surface area (Å²) in [6.07, 6.45) is 5.17. The average molecular weight is 385 g/mol. The van der Waals surface area contributed by atoms with Gasteiger partial charge in [-0.1, -0.05) is 72.8 Å². The van der Waals surface area contributed by atoms with Gasteiger partial charge in [0.05, 0.1) is 0 Å². The van der Waals surface area contributed by atoms with Gasteiger partial charge in [0, 0.05) is 22.9 Å². The minimum Gasteiger partial charge on any atom is -0.463 e. The first-order valence-corrected chi connectivity index (χ1v) is 10.3. The number of rotatable bonds is 6. The molecule has 0 N–H and O–H groups in total. The molecule has 1 heterocycles. The SMILES string of the molecule is CSc1ccc(-c2nccnc2OC(c2ccccc2)c2ccccc2)cc1. The highest BCUT2D eigenvalue weighted by atomic mass is 32.2. The fourth-order valence-electron chi connectivity index (χ4n) is 3.05. The van der Waals surface area contributed by atoms with Gasteiger partial charge in [0.15, 0.2) is 6.10 Å². The van der Waals surface area contributed by atoms with Crippen molar-refractivity contribution in [2.45, 2.75) is 11.0 Å². The van der Waals surface area contributed by atoms with Gasteiger partial charge in [-0.2, -0.15) is 0 Å². The number of aromatic nitrogens is 2. The first-order chi connectivity index (χ1) is 13.8. The molecule has 0 aliphatic rings. The molecule has 1 aromatic heterocycles. The van der Waals surface area contributed by atoms with Crippen LogP contribution in [0.1, 0.15) is 17.2 Å². The van der Waals surface area contributed by atoms with Crippen LogP contribution in [0.2, 0.25) is 0 Å². The number of nitrogens with zero attached hydrogens (tertiary/aromatic N) is 2. The van der Waals surface area contributed by atoms with Gasteiger partial charge in [0.2, 0.25) is 5.88 Å². The number of thioether (sulfide) groups is 1.